The van der Waals surface area contributed by atoms with Crippen molar-refractivity contribution in [3.8, 4) is 0 Å². The summed E-state index contributed by atoms with van der Waals surface area (Å²) in [7, 11) is 0. The third kappa shape index (κ3) is 4.36. The zero-order valence-corrected chi connectivity index (χ0v) is 15.3. The molecule has 24 heavy (non-hydrogen) atoms. The van der Waals surface area contributed by atoms with E-state index in [0.717, 1.165) is 45.8 Å². The molecule has 0 unspecified atom stereocenters. The Bertz CT molecular complexity index is 511. The van der Waals surface area contributed by atoms with Crippen molar-refractivity contribution < 1.29 is 9.84 Å². The smallest absolute Gasteiger partial charge is 0.0678 e. The first-order valence-corrected chi connectivity index (χ1v) is 9.29. The molecule has 3 heterocycles. The predicted octanol–water partition coefficient (Wildman–Crippen LogP) is 1.05. The van der Waals surface area contributed by atoms with E-state index in [1.165, 1.54) is 5.56 Å². The first kappa shape index (κ1) is 17.9. The van der Waals surface area contributed by atoms with Crippen molar-refractivity contribution in [2.24, 2.45) is 11.8 Å². The van der Waals surface area contributed by atoms with Crippen LogP contribution in [-0.2, 0) is 17.8 Å². The number of aromatic nitrogens is 2. The Morgan fingerprint density at radius 3 is 2.46 bits per heavy atom. The fourth-order valence-electron chi connectivity index (χ4n) is 4.26. The highest BCUT2D eigenvalue weighted by molar-refractivity contribution is 5.04. The van der Waals surface area contributed by atoms with E-state index in [-0.39, 0.29) is 6.61 Å². The van der Waals surface area contributed by atoms with Gasteiger partial charge in [-0.05, 0) is 32.6 Å². The van der Waals surface area contributed by atoms with Gasteiger partial charge in [0.2, 0.25) is 0 Å². The molecule has 2 aliphatic rings. The zero-order valence-electron chi connectivity index (χ0n) is 15.3. The van der Waals surface area contributed by atoms with Crippen molar-refractivity contribution in [1.82, 2.24) is 19.6 Å². The normalized spacial score (nSPS) is 32.5. The zero-order chi connectivity index (χ0) is 17.1. The van der Waals surface area contributed by atoms with Gasteiger partial charge in [-0.15, -0.1) is 0 Å². The van der Waals surface area contributed by atoms with Crippen molar-refractivity contribution in [2.45, 2.75) is 46.1 Å². The molecule has 0 saturated carbocycles. The minimum absolute atomic E-state index is 0.283. The highest BCUT2D eigenvalue weighted by atomic mass is 16.5. The molecule has 0 amide bonds. The van der Waals surface area contributed by atoms with Crippen LogP contribution in [0.25, 0.3) is 0 Å². The van der Waals surface area contributed by atoms with E-state index in [9.17, 15) is 5.11 Å². The van der Waals surface area contributed by atoms with E-state index < -0.39 is 0 Å². The lowest BCUT2D eigenvalue weighted by Gasteiger charge is -2.37. The van der Waals surface area contributed by atoms with Crippen LogP contribution in [0.2, 0.25) is 0 Å². The van der Waals surface area contributed by atoms with Crippen LogP contribution in [0.1, 0.15) is 26.3 Å². The number of ether oxygens (including phenoxy) is 1. The van der Waals surface area contributed by atoms with Crippen molar-refractivity contribution in [2.75, 3.05) is 39.3 Å². The first-order chi connectivity index (χ1) is 11.6. The Kier molecular flexibility index (Phi) is 5.92. The maximum atomic E-state index is 9.81. The van der Waals surface area contributed by atoms with Crippen LogP contribution in [0.15, 0.2) is 12.4 Å². The van der Waals surface area contributed by atoms with Crippen molar-refractivity contribution in [1.29, 1.82) is 0 Å². The highest BCUT2D eigenvalue weighted by Crippen LogP contribution is 2.26. The summed E-state index contributed by atoms with van der Waals surface area (Å²) in [6.45, 7) is 13.6. The standard InChI is InChI=1S/C18H32N4O2/c1-4-22-9-16(5-19-22)8-21-11-17(18(12-21)13-23)10-20-6-14(2)24-15(3)7-20/h5,9,14-15,17-18,23H,4,6-8,10-13H2,1-3H3/t14-,15+,17-,18-/m1/s1. The second-order valence-electron chi connectivity index (χ2n) is 7.58. The van der Waals surface area contributed by atoms with E-state index in [4.69, 9.17) is 4.74 Å². The molecule has 0 aliphatic carbocycles. The van der Waals surface area contributed by atoms with Crippen LogP contribution in [0.4, 0.5) is 0 Å². The number of nitrogens with zero attached hydrogens (tertiary/aromatic N) is 4. The van der Waals surface area contributed by atoms with Gasteiger partial charge >= 0.3 is 0 Å². The molecule has 1 N–H and O–H groups in total. The number of rotatable bonds is 6. The number of hydrogen-bond donors (Lipinski definition) is 1. The van der Waals surface area contributed by atoms with Crippen LogP contribution in [0, 0.1) is 11.8 Å². The van der Waals surface area contributed by atoms with Crippen LogP contribution < -0.4 is 0 Å². The largest absolute Gasteiger partial charge is 0.396 e. The quantitative estimate of drug-likeness (QED) is 0.842. The number of aliphatic hydroxyl groups excluding tert-OH is 1. The Morgan fingerprint density at radius 1 is 1.12 bits per heavy atom. The molecule has 6 heteroatoms. The Hall–Kier alpha value is -0.950. The SMILES string of the molecule is CCn1cc(CN2C[C@H](CO)[C@H](CN3C[C@@H](C)O[C@@H](C)C3)C2)cn1. The van der Waals surface area contributed by atoms with Crippen molar-refractivity contribution in [3.63, 3.8) is 0 Å². The van der Waals surface area contributed by atoms with Gasteiger partial charge in [0.05, 0.1) is 18.4 Å². The molecule has 0 aromatic carbocycles. The topological polar surface area (TPSA) is 53.8 Å². The van der Waals surface area contributed by atoms with Crippen LogP contribution in [0.5, 0.6) is 0 Å². The lowest BCUT2D eigenvalue weighted by molar-refractivity contribution is -0.0727. The Morgan fingerprint density at radius 2 is 1.83 bits per heavy atom. The van der Waals surface area contributed by atoms with Gasteiger partial charge in [-0.1, -0.05) is 0 Å². The summed E-state index contributed by atoms with van der Waals surface area (Å²) in [5.74, 6) is 0.911. The minimum atomic E-state index is 0.283. The molecule has 4 atom stereocenters. The number of likely N-dealkylation sites (tertiary alicyclic amines) is 1. The van der Waals surface area contributed by atoms with E-state index in [0.29, 0.717) is 24.0 Å². The molecule has 0 radical (unpaired) electrons. The summed E-state index contributed by atoms with van der Waals surface area (Å²) in [6, 6.07) is 0. The molecule has 1 aromatic rings. The number of hydrogen-bond acceptors (Lipinski definition) is 5. The monoisotopic (exact) mass is 336 g/mol. The van der Waals surface area contributed by atoms with Gasteiger partial charge in [-0.2, -0.15) is 5.10 Å². The van der Waals surface area contributed by atoms with Gasteiger partial charge in [0.25, 0.3) is 0 Å². The molecule has 2 fully saturated rings. The van der Waals surface area contributed by atoms with E-state index in [2.05, 4.69) is 41.9 Å². The molecule has 3 rings (SSSR count). The van der Waals surface area contributed by atoms with Crippen molar-refractivity contribution >= 4 is 0 Å². The molecular weight excluding hydrogens is 304 g/mol. The second kappa shape index (κ2) is 7.95. The lowest BCUT2D eigenvalue weighted by atomic mass is 9.96. The van der Waals surface area contributed by atoms with Gasteiger partial charge in [0.15, 0.2) is 0 Å². The fourth-order valence-corrected chi connectivity index (χ4v) is 4.26. The molecule has 2 saturated heterocycles. The number of morpholine rings is 1. The third-order valence-corrected chi connectivity index (χ3v) is 5.29. The first-order valence-electron chi connectivity index (χ1n) is 9.29. The molecule has 0 bridgehead atoms. The van der Waals surface area contributed by atoms with Gasteiger partial charge in [0, 0.05) is 64.2 Å². The van der Waals surface area contributed by atoms with Gasteiger partial charge in [-0.3, -0.25) is 14.5 Å². The molecule has 1 aromatic heterocycles. The van der Waals surface area contributed by atoms with Crippen LogP contribution in [-0.4, -0.2) is 76.2 Å². The Labute approximate surface area is 145 Å². The van der Waals surface area contributed by atoms with Crippen LogP contribution in [0.3, 0.4) is 0 Å². The minimum Gasteiger partial charge on any atom is -0.396 e. The molecular formula is C18H32N4O2. The van der Waals surface area contributed by atoms with E-state index >= 15 is 0 Å². The molecule has 6 nitrogen and oxygen atoms in total. The summed E-state index contributed by atoms with van der Waals surface area (Å²) in [5.41, 5.74) is 1.27. The third-order valence-electron chi connectivity index (χ3n) is 5.29. The van der Waals surface area contributed by atoms with E-state index in [1.807, 2.05) is 10.9 Å². The fraction of sp³-hybridized carbons (Fsp3) is 0.833. The lowest BCUT2D eigenvalue weighted by Crippen LogP contribution is -2.48. The maximum absolute atomic E-state index is 9.81. The number of aliphatic hydroxyl groups is 1. The molecule has 2 aliphatic heterocycles. The van der Waals surface area contributed by atoms with Crippen LogP contribution >= 0.6 is 0 Å². The predicted molar refractivity (Wildman–Crippen MR) is 93.7 cm³/mol. The average Bonchev–Trinajstić information content (AvgIpc) is 3.13. The summed E-state index contributed by atoms with van der Waals surface area (Å²) in [4.78, 5) is 4.99. The maximum Gasteiger partial charge on any atom is 0.0678 e. The van der Waals surface area contributed by atoms with Crippen molar-refractivity contribution in [3.05, 3.63) is 18.0 Å². The highest BCUT2D eigenvalue weighted by Gasteiger charge is 2.35. The summed E-state index contributed by atoms with van der Waals surface area (Å²) in [6.07, 6.45) is 4.71. The van der Waals surface area contributed by atoms with E-state index in [1.54, 1.807) is 0 Å². The van der Waals surface area contributed by atoms with Gasteiger partial charge in [-0.25, -0.2) is 0 Å². The molecule has 136 valence electrons. The Balaban J connectivity index is 1.55. The molecule has 0 spiro atoms. The summed E-state index contributed by atoms with van der Waals surface area (Å²) < 4.78 is 7.81. The second-order valence-corrected chi connectivity index (χ2v) is 7.58. The van der Waals surface area contributed by atoms with Gasteiger partial charge < -0.3 is 9.84 Å². The van der Waals surface area contributed by atoms with Gasteiger partial charge in [0.1, 0.15) is 0 Å². The summed E-state index contributed by atoms with van der Waals surface area (Å²) >= 11 is 0. The summed E-state index contributed by atoms with van der Waals surface area (Å²) in [5, 5.41) is 14.2. The average molecular weight is 336 g/mol. The number of aryl methyl sites for hydroxylation is 1.